The number of aromatic nitrogens is 4. The summed E-state index contributed by atoms with van der Waals surface area (Å²) in [7, 11) is 1.84. The van der Waals surface area contributed by atoms with E-state index in [0.717, 1.165) is 10.2 Å². The Morgan fingerprint density at radius 3 is 2.29 bits per heavy atom. The second-order valence-corrected chi connectivity index (χ2v) is 6.05. The molecule has 106 valence electrons. The first-order valence-corrected chi connectivity index (χ1v) is 7.69. The molecule has 3 rings (SSSR count). The number of aryl methyl sites for hydroxylation is 1. The van der Waals surface area contributed by atoms with Crippen LogP contribution in [0.15, 0.2) is 59.8 Å². The minimum atomic E-state index is 0.119. The van der Waals surface area contributed by atoms with Gasteiger partial charge in [0.2, 0.25) is 5.16 Å². The van der Waals surface area contributed by atoms with Gasteiger partial charge >= 0.3 is 0 Å². The third kappa shape index (κ3) is 3.25. The Kier molecular flexibility index (Phi) is 4.22. The van der Waals surface area contributed by atoms with Crippen molar-refractivity contribution in [3.05, 3.63) is 70.7 Å². The molecule has 0 fully saturated rings. The van der Waals surface area contributed by atoms with Crippen LogP contribution in [0.4, 0.5) is 0 Å². The molecule has 0 bridgehead atoms. The summed E-state index contributed by atoms with van der Waals surface area (Å²) in [5.41, 5.74) is 2.37. The van der Waals surface area contributed by atoms with Crippen LogP contribution in [-0.4, -0.2) is 20.2 Å². The Balaban J connectivity index is 1.99. The van der Waals surface area contributed by atoms with Gasteiger partial charge in [0.25, 0.3) is 0 Å². The minimum absolute atomic E-state index is 0.119. The van der Waals surface area contributed by atoms with Gasteiger partial charge < -0.3 is 0 Å². The number of hydrogen-bond acceptors (Lipinski definition) is 4. The Hall–Kier alpha value is -1.85. The maximum Gasteiger partial charge on any atom is 0.209 e. The molecule has 0 saturated heterocycles. The standard InChI is InChI=1S/C15H13ClN4S/c1-20-15(17-18-19-20)21-14(11-5-3-2-4-6-11)12-7-9-13(16)10-8-12/h2-10,14H,1H3. The second-order valence-electron chi connectivity index (χ2n) is 4.55. The van der Waals surface area contributed by atoms with E-state index in [1.165, 1.54) is 11.1 Å². The van der Waals surface area contributed by atoms with Crippen LogP contribution < -0.4 is 0 Å². The third-order valence-corrected chi connectivity index (χ3v) is 4.67. The SMILES string of the molecule is Cn1nnnc1SC(c1ccccc1)c1ccc(Cl)cc1. The lowest BCUT2D eigenvalue weighted by molar-refractivity contribution is 0.664. The van der Waals surface area contributed by atoms with Crippen LogP contribution in [-0.2, 0) is 7.05 Å². The first-order chi connectivity index (χ1) is 10.2. The lowest BCUT2D eigenvalue weighted by Crippen LogP contribution is -2.00. The summed E-state index contributed by atoms with van der Waals surface area (Å²) in [6.45, 7) is 0. The quantitative estimate of drug-likeness (QED) is 0.688. The number of benzene rings is 2. The molecule has 0 N–H and O–H groups in total. The molecule has 0 aliphatic heterocycles. The zero-order valence-electron chi connectivity index (χ0n) is 11.3. The summed E-state index contributed by atoms with van der Waals surface area (Å²) in [4.78, 5) is 0. The van der Waals surface area contributed by atoms with Gasteiger partial charge in [0.1, 0.15) is 0 Å². The molecule has 0 radical (unpaired) electrons. The largest absolute Gasteiger partial charge is 0.224 e. The number of tetrazole rings is 1. The van der Waals surface area contributed by atoms with Crippen LogP contribution in [0, 0.1) is 0 Å². The van der Waals surface area contributed by atoms with E-state index in [-0.39, 0.29) is 5.25 Å². The van der Waals surface area contributed by atoms with Crippen LogP contribution >= 0.6 is 23.4 Å². The molecule has 0 spiro atoms. The zero-order chi connectivity index (χ0) is 14.7. The fraction of sp³-hybridized carbons (Fsp3) is 0.133. The molecule has 0 aliphatic carbocycles. The maximum absolute atomic E-state index is 5.99. The number of thioether (sulfide) groups is 1. The highest BCUT2D eigenvalue weighted by molar-refractivity contribution is 7.99. The first kappa shape index (κ1) is 14.1. The smallest absolute Gasteiger partial charge is 0.209 e. The van der Waals surface area contributed by atoms with Crippen LogP contribution in [0.1, 0.15) is 16.4 Å². The molecule has 3 aromatic rings. The van der Waals surface area contributed by atoms with Gasteiger partial charge in [-0.05, 0) is 33.7 Å². The zero-order valence-corrected chi connectivity index (χ0v) is 12.9. The Morgan fingerprint density at radius 2 is 1.67 bits per heavy atom. The summed E-state index contributed by atoms with van der Waals surface area (Å²) in [5, 5.41) is 13.3. The van der Waals surface area contributed by atoms with E-state index in [2.05, 4.69) is 27.7 Å². The van der Waals surface area contributed by atoms with E-state index in [1.54, 1.807) is 16.4 Å². The fourth-order valence-electron chi connectivity index (χ4n) is 2.02. The molecule has 21 heavy (non-hydrogen) atoms. The van der Waals surface area contributed by atoms with E-state index in [4.69, 9.17) is 11.6 Å². The number of rotatable bonds is 4. The normalized spacial score (nSPS) is 12.3. The summed E-state index contributed by atoms with van der Waals surface area (Å²) in [6.07, 6.45) is 0. The van der Waals surface area contributed by atoms with Crippen LogP contribution in [0.3, 0.4) is 0 Å². The van der Waals surface area contributed by atoms with Gasteiger partial charge in [-0.1, -0.05) is 65.8 Å². The second kappa shape index (κ2) is 6.28. The van der Waals surface area contributed by atoms with Gasteiger partial charge in [0.15, 0.2) is 0 Å². The van der Waals surface area contributed by atoms with Crippen molar-refractivity contribution in [2.24, 2.45) is 7.05 Å². The Morgan fingerprint density at radius 1 is 1.00 bits per heavy atom. The lowest BCUT2D eigenvalue weighted by atomic mass is 10.0. The predicted molar refractivity (Wildman–Crippen MR) is 84.4 cm³/mol. The molecule has 0 saturated carbocycles. The van der Waals surface area contributed by atoms with E-state index in [1.807, 2.05) is 49.5 Å². The van der Waals surface area contributed by atoms with Crippen LogP contribution in [0.2, 0.25) is 5.02 Å². The molecular weight excluding hydrogens is 304 g/mol. The summed E-state index contributed by atoms with van der Waals surface area (Å²) in [5.74, 6) is 0. The maximum atomic E-state index is 5.99. The predicted octanol–water partition coefficient (Wildman–Crippen LogP) is 3.75. The highest BCUT2D eigenvalue weighted by Gasteiger charge is 2.18. The van der Waals surface area contributed by atoms with E-state index >= 15 is 0 Å². The monoisotopic (exact) mass is 316 g/mol. The number of hydrogen-bond donors (Lipinski definition) is 0. The van der Waals surface area contributed by atoms with Crippen LogP contribution in [0.25, 0.3) is 0 Å². The molecule has 0 aliphatic rings. The fourth-order valence-corrected chi connectivity index (χ4v) is 3.22. The van der Waals surface area contributed by atoms with Gasteiger partial charge in [0, 0.05) is 12.1 Å². The molecule has 1 aromatic heterocycles. The van der Waals surface area contributed by atoms with Gasteiger partial charge in [-0.25, -0.2) is 4.68 Å². The molecule has 1 atom stereocenters. The van der Waals surface area contributed by atoms with Crippen molar-refractivity contribution >= 4 is 23.4 Å². The van der Waals surface area contributed by atoms with Gasteiger partial charge in [-0.2, -0.15) is 0 Å². The molecule has 4 nitrogen and oxygen atoms in total. The van der Waals surface area contributed by atoms with Crippen molar-refractivity contribution in [3.63, 3.8) is 0 Å². The van der Waals surface area contributed by atoms with Crippen molar-refractivity contribution in [1.29, 1.82) is 0 Å². The molecule has 0 amide bonds. The summed E-state index contributed by atoms with van der Waals surface area (Å²) >= 11 is 7.60. The molecular formula is C15H13ClN4S. The van der Waals surface area contributed by atoms with Crippen molar-refractivity contribution < 1.29 is 0 Å². The average Bonchev–Trinajstić information content (AvgIpc) is 2.92. The minimum Gasteiger partial charge on any atom is -0.224 e. The van der Waals surface area contributed by atoms with Crippen LogP contribution in [0.5, 0.6) is 0 Å². The summed E-state index contributed by atoms with van der Waals surface area (Å²) in [6, 6.07) is 18.2. The molecule has 6 heteroatoms. The van der Waals surface area contributed by atoms with Crippen molar-refractivity contribution in [1.82, 2.24) is 20.2 Å². The number of halogens is 1. The summed E-state index contributed by atoms with van der Waals surface area (Å²) < 4.78 is 1.68. The van der Waals surface area contributed by atoms with Crippen molar-refractivity contribution in [3.8, 4) is 0 Å². The first-order valence-electron chi connectivity index (χ1n) is 6.43. The van der Waals surface area contributed by atoms with Gasteiger partial charge in [-0.15, -0.1) is 5.10 Å². The van der Waals surface area contributed by atoms with E-state index < -0.39 is 0 Å². The lowest BCUT2D eigenvalue weighted by Gasteiger charge is -2.16. The number of nitrogens with zero attached hydrogens (tertiary/aromatic N) is 4. The molecule has 1 unspecified atom stereocenters. The van der Waals surface area contributed by atoms with Gasteiger partial charge in [0.05, 0.1) is 5.25 Å². The Bertz CT molecular complexity index is 712. The van der Waals surface area contributed by atoms with Crippen molar-refractivity contribution in [2.75, 3.05) is 0 Å². The molecule has 1 heterocycles. The third-order valence-electron chi connectivity index (χ3n) is 3.08. The van der Waals surface area contributed by atoms with E-state index in [9.17, 15) is 0 Å². The van der Waals surface area contributed by atoms with E-state index in [0.29, 0.717) is 0 Å². The topological polar surface area (TPSA) is 43.6 Å². The van der Waals surface area contributed by atoms with Crippen molar-refractivity contribution in [2.45, 2.75) is 10.4 Å². The average molecular weight is 317 g/mol. The van der Waals surface area contributed by atoms with Gasteiger partial charge in [-0.3, -0.25) is 0 Å². The highest BCUT2D eigenvalue weighted by Crippen LogP contribution is 2.39. The highest BCUT2D eigenvalue weighted by atomic mass is 35.5. The Labute approximate surface area is 132 Å². The molecule has 2 aromatic carbocycles.